The standard InChI is InChI=1S/C16H16N2O2/c1-3-18(4-2)15-14(12-8-6-5-7-9-12)10-13(11-17)20-16(15)19/h5-10H,3-4H2,1-2H3. The van der Waals surface area contributed by atoms with Gasteiger partial charge in [-0.2, -0.15) is 5.26 Å². The number of rotatable bonds is 4. The summed E-state index contributed by atoms with van der Waals surface area (Å²) in [5, 5.41) is 8.98. The SMILES string of the molecule is CCN(CC)c1c(-c2ccccc2)cc(C#N)oc1=O. The highest BCUT2D eigenvalue weighted by molar-refractivity contribution is 5.78. The second-order valence-electron chi connectivity index (χ2n) is 4.31. The lowest BCUT2D eigenvalue weighted by Crippen LogP contribution is -2.28. The van der Waals surface area contributed by atoms with Gasteiger partial charge in [-0.15, -0.1) is 0 Å². The molecule has 1 aromatic heterocycles. The number of benzene rings is 1. The molecule has 2 aromatic rings. The van der Waals surface area contributed by atoms with Crippen molar-refractivity contribution in [2.45, 2.75) is 13.8 Å². The lowest BCUT2D eigenvalue weighted by atomic mass is 10.0. The van der Waals surface area contributed by atoms with Crippen molar-refractivity contribution in [3.8, 4) is 17.2 Å². The third-order valence-corrected chi connectivity index (χ3v) is 3.20. The second kappa shape index (κ2) is 6.07. The fraction of sp³-hybridized carbons (Fsp3) is 0.250. The molecule has 0 atom stereocenters. The van der Waals surface area contributed by atoms with Crippen molar-refractivity contribution in [1.82, 2.24) is 0 Å². The van der Waals surface area contributed by atoms with Gasteiger partial charge in [-0.05, 0) is 19.4 Å². The summed E-state index contributed by atoms with van der Waals surface area (Å²) in [6.45, 7) is 5.37. The Morgan fingerprint density at radius 1 is 1.20 bits per heavy atom. The number of nitrogens with zero attached hydrogens (tertiary/aromatic N) is 2. The summed E-state index contributed by atoms with van der Waals surface area (Å²) in [4.78, 5) is 14.1. The number of nitriles is 1. The molecule has 0 unspecified atom stereocenters. The highest BCUT2D eigenvalue weighted by Crippen LogP contribution is 2.28. The summed E-state index contributed by atoms with van der Waals surface area (Å²) in [6.07, 6.45) is 0. The molecule has 0 saturated heterocycles. The summed E-state index contributed by atoms with van der Waals surface area (Å²) < 4.78 is 5.05. The third-order valence-electron chi connectivity index (χ3n) is 3.20. The van der Waals surface area contributed by atoms with Gasteiger partial charge in [0.1, 0.15) is 11.8 Å². The van der Waals surface area contributed by atoms with E-state index in [1.54, 1.807) is 6.07 Å². The Morgan fingerprint density at radius 2 is 1.85 bits per heavy atom. The predicted molar refractivity (Wildman–Crippen MR) is 78.7 cm³/mol. The molecule has 4 heteroatoms. The van der Waals surface area contributed by atoms with Gasteiger partial charge in [-0.3, -0.25) is 0 Å². The van der Waals surface area contributed by atoms with E-state index in [4.69, 9.17) is 9.68 Å². The van der Waals surface area contributed by atoms with Crippen molar-refractivity contribution >= 4 is 5.69 Å². The molecule has 0 bridgehead atoms. The maximum absolute atomic E-state index is 12.2. The molecule has 0 aliphatic rings. The van der Waals surface area contributed by atoms with E-state index in [1.165, 1.54) is 0 Å². The molecule has 0 radical (unpaired) electrons. The number of hydrogen-bond donors (Lipinski definition) is 0. The van der Waals surface area contributed by atoms with Crippen LogP contribution in [0.1, 0.15) is 19.6 Å². The van der Waals surface area contributed by atoms with E-state index in [2.05, 4.69) is 0 Å². The lowest BCUT2D eigenvalue weighted by Gasteiger charge is -2.22. The van der Waals surface area contributed by atoms with Crippen LogP contribution in [0.25, 0.3) is 11.1 Å². The summed E-state index contributed by atoms with van der Waals surface area (Å²) in [7, 11) is 0. The Balaban J connectivity index is 2.73. The van der Waals surface area contributed by atoms with Gasteiger partial charge < -0.3 is 9.32 Å². The summed E-state index contributed by atoms with van der Waals surface area (Å²) in [5.74, 6) is 0.0322. The smallest absolute Gasteiger partial charge is 0.361 e. The average molecular weight is 268 g/mol. The van der Waals surface area contributed by atoms with Gasteiger partial charge in [0, 0.05) is 24.7 Å². The van der Waals surface area contributed by atoms with E-state index in [0.29, 0.717) is 18.8 Å². The summed E-state index contributed by atoms with van der Waals surface area (Å²) >= 11 is 0. The molecule has 0 spiro atoms. The van der Waals surface area contributed by atoms with Crippen molar-refractivity contribution in [2.24, 2.45) is 0 Å². The molecule has 1 aromatic carbocycles. The molecule has 2 rings (SSSR count). The van der Waals surface area contributed by atoms with Crippen molar-refractivity contribution in [2.75, 3.05) is 18.0 Å². The fourth-order valence-corrected chi connectivity index (χ4v) is 2.22. The molecule has 102 valence electrons. The fourth-order valence-electron chi connectivity index (χ4n) is 2.22. The second-order valence-corrected chi connectivity index (χ2v) is 4.31. The summed E-state index contributed by atoms with van der Waals surface area (Å²) in [5.41, 5.74) is 1.69. The molecule has 0 saturated carbocycles. The molecule has 0 N–H and O–H groups in total. The van der Waals surface area contributed by atoms with Gasteiger partial charge in [-0.25, -0.2) is 4.79 Å². The minimum Gasteiger partial charge on any atom is -0.410 e. The van der Waals surface area contributed by atoms with Crippen LogP contribution in [0, 0.1) is 11.3 Å². The zero-order chi connectivity index (χ0) is 14.5. The predicted octanol–water partition coefficient (Wildman–Crippen LogP) is 3.02. The minimum absolute atomic E-state index is 0.0322. The Morgan fingerprint density at radius 3 is 2.40 bits per heavy atom. The highest BCUT2D eigenvalue weighted by atomic mass is 16.4. The monoisotopic (exact) mass is 268 g/mol. The lowest BCUT2D eigenvalue weighted by molar-refractivity contribution is 0.496. The number of anilines is 1. The van der Waals surface area contributed by atoms with E-state index in [-0.39, 0.29) is 5.76 Å². The zero-order valence-corrected chi connectivity index (χ0v) is 11.6. The van der Waals surface area contributed by atoms with Crippen LogP contribution in [0.5, 0.6) is 0 Å². The Hall–Kier alpha value is -2.54. The third kappa shape index (κ3) is 2.57. The van der Waals surface area contributed by atoms with Crippen LogP contribution in [0.2, 0.25) is 0 Å². The number of hydrogen-bond acceptors (Lipinski definition) is 4. The zero-order valence-electron chi connectivity index (χ0n) is 11.6. The maximum atomic E-state index is 12.2. The van der Waals surface area contributed by atoms with E-state index < -0.39 is 5.63 Å². The van der Waals surface area contributed by atoms with Crippen LogP contribution in [0.3, 0.4) is 0 Å². The van der Waals surface area contributed by atoms with Crippen LogP contribution in [0.15, 0.2) is 45.6 Å². The maximum Gasteiger partial charge on any atom is 0.361 e. The van der Waals surface area contributed by atoms with Crippen molar-refractivity contribution in [3.05, 3.63) is 52.6 Å². The van der Waals surface area contributed by atoms with Gasteiger partial charge >= 0.3 is 5.63 Å². The molecule has 20 heavy (non-hydrogen) atoms. The molecule has 0 aliphatic heterocycles. The first kappa shape index (κ1) is 13.9. The molecule has 0 aliphatic carbocycles. The Bertz CT molecular complexity index is 680. The van der Waals surface area contributed by atoms with Crippen molar-refractivity contribution < 1.29 is 4.42 Å². The van der Waals surface area contributed by atoms with Gasteiger partial charge in [0.15, 0.2) is 0 Å². The largest absolute Gasteiger partial charge is 0.410 e. The van der Waals surface area contributed by atoms with E-state index in [9.17, 15) is 4.79 Å². The van der Waals surface area contributed by atoms with Crippen LogP contribution >= 0.6 is 0 Å². The first-order valence-electron chi connectivity index (χ1n) is 6.59. The van der Waals surface area contributed by atoms with Crippen LogP contribution in [-0.2, 0) is 0 Å². The van der Waals surface area contributed by atoms with Gasteiger partial charge in [0.25, 0.3) is 0 Å². The van der Waals surface area contributed by atoms with Gasteiger partial charge in [0.2, 0.25) is 5.76 Å². The molecule has 4 nitrogen and oxygen atoms in total. The van der Waals surface area contributed by atoms with Crippen LogP contribution in [-0.4, -0.2) is 13.1 Å². The van der Waals surface area contributed by atoms with Crippen LogP contribution < -0.4 is 10.5 Å². The van der Waals surface area contributed by atoms with Crippen molar-refractivity contribution in [3.63, 3.8) is 0 Å². The Labute approximate surface area is 117 Å². The van der Waals surface area contributed by atoms with Crippen LogP contribution in [0.4, 0.5) is 5.69 Å². The average Bonchev–Trinajstić information content (AvgIpc) is 2.50. The summed E-state index contributed by atoms with van der Waals surface area (Å²) in [6, 6.07) is 13.1. The molecule has 1 heterocycles. The van der Waals surface area contributed by atoms with Gasteiger partial charge in [0.05, 0.1) is 0 Å². The van der Waals surface area contributed by atoms with E-state index >= 15 is 0 Å². The molecular formula is C16H16N2O2. The topological polar surface area (TPSA) is 57.2 Å². The van der Waals surface area contributed by atoms with Gasteiger partial charge in [-0.1, -0.05) is 30.3 Å². The minimum atomic E-state index is -0.466. The van der Waals surface area contributed by atoms with E-state index in [1.807, 2.05) is 55.1 Å². The highest BCUT2D eigenvalue weighted by Gasteiger charge is 2.17. The first-order chi connectivity index (χ1) is 9.71. The first-order valence-corrected chi connectivity index (χ1v) is 6.59. The molecular weight excluding hydrogens is 252 g/mol. The Kier molecular flexibility index (Phi) is 4.21. The molecule has 0 amide bonds. The van der Waals surface area contributed by atoms with Crippen molar-refractivity contribution in [1.29, 1.82) is 5.26 Å². The molecule has 0 fully saturated rings. The quantitative estimate of drug-likeness (QED) is 0.855. The van der Waals surface area contributed by atoms with E-state index in [0.717, 1.165) is 11.1 Å². The normalized spacial score (nSPS) is 10.1.